The Kier molecular flexibility index (Phi) is 16.7. The number of anilines is 1. The van der Waals surface area contributed by atoms with Gasteiger partial charge in [0, 0.05) is 34.9 Å². The minimum Gasteiger partial charge on any atom is -0.308 e. The summed E-state index contributed by atoms with van der Waals surface area (Å²) in [5.41, 5.74) is 5.29. The van der Waals surface area contributed by atoms with E-state index < -0.39 is 0 Å². The fourth-order valence-electron chi connectivity index (χ4n) is 9.00. The van der Waals surface area contributed by atoms with Gasteiger partial charge in [-0.2, -0.15) is 0 Å². The summed E-state index contributed by atoms with van der Waals surface area (Å²) in [6, 6.07) is 33.9. The first-order valence-corrected chi connectivity index (χ1v) is 24.1. The maximum Gasteiger partial charge on any atom is 0.277 e. The molecule has 0 aliphatic heterocycles. The van der Waals surface area contributed by atoms with Crippen LogP contribution in [0.4, 0.5) is 5.69 Å². The molecule has 0 fully saturated rings. The van der Waals surface area contributed by atoms with Gasteiger partial charge in [-0.25, -0.2) is 15.0 Å². The van der Waals surface area contributed by atoms with E-state index in [9.17, 15) is 0 Å². The third-order valence-electron chi connectivity index (χ3n) is 12.6. The van der Waals surface area contributed by atoms with Crippen molar-refractivity contribution < 1.29 is 4.79 Å². The molecule has 4 aromatic heterocycles. The Morgan fingerprint density at radius 1 is 0.484 bits per heavy atom. The van der Waals surface area contributed by atoms with E-state index in [-0.39, 0.29) is 17.0 Å². The SMILES string of the molecule is CCCCCCCCCCCCN(C(=O)c1ccc2nc1c(=O)n(CCCCCCCCCCCC)c1ccccc1c1ccc3ccc4ccc2nc4c3n1)c1ccccc1. The number of carbonyl (C=O) groups excluding carboxylic acids is 1. The number of pyridine rings is 3. The Balaban J connectivity index is 1.30. The van der Waals surface area contributed by atoms with Crippen LogP contribution in [0.3, 0.4) is 0 Å². The molecule has 0 aliphatic rings. The van der Waals surface area contributed by atoms with Crippen LogP contribution >= 0.6 is 0 Å². The number of unbranched alkanes of at least 4 members (excludes halogenated alkanes) is 18. The fraction of sp³-hybridized carbons (Fsp3) is 0.436. The summed E-state index contributed by atoms with van der Waals surface area (Å²) >= 11 is 0. The predicted octanol–water partition coefficient (Wildman–Crippen LogP) is 14.9. The second-order valence-corrected chi connectivity index (χ2v) is 17.3. The van der Waals surface area contributed by atoms with Crippen LogP contribution in [0.5, 0.6) is 0 Å². The topological polar surface area (TPSA) is 81.0 Å². The smallest absolute Gasteiger partial charge is 0.277 e. The highest BCUT2D eigenvalue weighted by atomic mass is 16.2. The molecule has 0 radical (unpaired) electrons. The van der Waals surface area contributed by atoms with Crippen LogP contribution in [0, 0.1) is 0 Å². The number of para-hydroxylation sites is 2. The van der Waals surface area contributed by atoms with Crippen molar-refractivity contribution in [2.24, 2.45) is 0 Å². The van der Waals surface area contributed by atoms with E-state index >= 15 is 9.59 Å². The number of amides is 1. The van der Waals surface area contributed by atoms with E-state index in [1.807, 2.05) is 88.3 Å². The molecule has 0 spiro atoms. The molecule has 0 saturated heterocycles. The highest BCUT2D eigenvalue weighted by molar-refractivity contribution is 6.11. The van der Waals surface area contributed by atoms with Crippen LogP contribution in [-0.2, 0) is 6.54 Å². The molecule has 0 saturated carbocycles. The third kappa shape index (κ3) is 11.3. The van der Waals surface area contributed by atoms with Crippen LogP contribution in [0.2, 0.25) is 0 Å². The Hall–Kier alpha value is -5.43. The Morgan fingerprint density at radius 2 is 0.952 bits per heavy atom. The highest BCUT2D eigenvalue weighted by Crippen LogP contribution is 2.28. The molecule has 7 aromatic rings. The zero-order chi connectivity index (χ0) is 42.9. The first kappa shape index (κ1) is 44.6. The molecule has 1 amide bonds. The maximum absolute atomic E-state index is 15.5. The summed E-state index contributed by atoms with van der Waals surface area (Å²) in [5.74, 6) is -0.215. The molecule has 0 unspecified atom stereocenters. The lowest BCUT2D eigenvalue weighted by atomic mass is 10.1. The summed E-state index contributed by atoms with van der Waals surface area (Å²) in [5, 5.41) is 2.83. The number of benzene rings is 3. The van der Waals surface area contributed by atoms with Gasteiger partial charge in [-0.1, -0.05) is 190 Å². The molecule has 7 rings (SSSR count). The molecule has 0 atom stereocenters. The van der Waals surface area contributed by atoms with E-state index in [0.717, 1.165) is 82.4 Å². The Morgan fingerprint density at radius 3 is 1.56 bits per heavy atom. The van der Waals surface area contributed by atoms with Crippen molar-refractivity contribution in [3.8, 4) is 0 Å². The minimum absolute atomic E-state index is 0.150. The summed E-state index contributed by atoms with van der Waals surface area (Å²) in [7, 11) is 0. The lowest BCUT2D eigenvalue weighted by molar-refractivity contribution is 0.0987. The van der Waals surface area contributed by atoms with Crippen molar-refractivity contribution in [2.45, 2.75) is 149 Å². The van der Waals surface area contributed by atoms with Gasteiger partial charge in [0.2, 0.25) is 0 Å². The average molecular weight is 830 g/mol. The number of hydrogen-bond donors (Lipinski definition) is 0. The van der Waals surface area contributed by atoms with Crippen molar-refractivity contribution in [1.29, 1.82) is 0 Å². The van der Waals surface area contributed by atoms with Crippen LogP contribution in [0.1, 0.15) is 153 Å². The number of nitrogens with zero attached hydrogens (tertiary/aromatic N) is 5. The molecule has 7 nitrogen and oxygen atoms in total. The number of aromatic nitrogens is 4. The quantitative estimate of drug-likeness (QED) is 0.0448. The van der Waals surface area contributed by atoms with E-state index in [2.05, 4.69) is 32.0 Å². The summed E-state index contributed by atoms with van der Waals surface area (Å²) in [6.45, 7) is 5.58. The zero-order valence-electron chi connectivity index (χ0n) is 37.4. The number of rotatable bonds is 24. The van der Waals surface area contributed by atoms with Crippen LogP contribution in [0.25, 0.3) is 54.8 Å². The Bertz CT molecular complexity index is 2640. The van der Waals surface area contributed by atoms with Crippen molar-refractivity contribution in [2.75, 3.05) is 11.4 Å². The molecular weight excluding hydrogens is 763 g/mol. The Labute approximate surface area is 368 Å². The largest absolute Gasteiger partial charge is 0.308 e. The van der Waals surface area contributed by atoms with Gasteiger partial charge in [0.25, 0.3) is 11.5 Å². The van der Waals surface area contributed by atoms with Gasteiger partial charge < -0.3 is 9.47 Å². The molecule has 62 heavy (non-hydrogen) atoms. The normalized spacial score (nSPS) is 11.6. The predicted molar refractivity (Wildman–Crippen MR) is 262 cm³/mol. The molecule has 4 heterocycles. The van der Waals surface area contributed by atoms with Crippen molar-refractivity contribution in [3.63, 3.8) is 0 Å². The van der Waals surface area contributed by atoms with Gasteiger partial charge in [0.1, 0.15) is 5.52 Å². The van der Waals surface area contributed by atoms with E-state index in [4.69, 9.17) is 15.0 Å². The van der Waals surface area contributed by atoms with Gasteiger partial charge in [-0.05, 0) is 55.3 Å². The van der Waals surface area contributed by atoms with Gasteiger partial charge in [0.15, 0.2) is 0 Å². The van der Waals surface area contributed by atoms with Crippen LogP contribution in [-0.4, -0.2) is 32.0 Å². The second kappa shape index (κ2) is 23.1. The van der Waals surface area contributed by atoms with Crippen LogP contribution < -0.4 is 10.5 Å². The molecule has 0 aliphatic carbocycles. The second-order valence-electron chi connectivity index (χ2n) is 17.3. The first-order valence-electron chi connectivity index (χ1n) is 24.1. The van der Waals surface area contributed by atoms with Crippen molar-refractivity contribution in [3.05, 3.63) is 119 Å². The molecule has 7 heteroatoms. The van der Waals surface area contributed by atoms with E-state index in [1.165, 1.54) is 89.9 Å². The van der Waals surface area contributed by atoms with Crippen molar-refractivity contribution >= 4 is 66.4 Å². The standard InChI is InChI=1S/C55H67N5O2/c1-3-5-7-9-11-13-15-17-19-26-40-59(44-28-22-21-23-29-44)54(61)46-36-39-49-48-38-35-43-33-32-42-34-37-47(56-51(42)52(43)57-48)45-30-24-25-31-50(45)60(55(62)53(46)58-49)41-27-20-18-16-14-12-10-8-6-4-2/h21-25,28-39H,3-20,26-27,40-41H2,1-2H3. The van der Waals surface area contributed by atoms with Gasteiger partial charge >= 0.3 is 0 Å². The summed E-state index contributed by atoms with van der Waals surface area (Å²) in [6.07, 6.45) is 24.1. The molecular formula is C55H67N5O2. The lowest BCUT2D eigenvalue weighted by Crippen LogP contribution is -2.33. The summed E-state index contributed by atoms with van der Waals surface area (Å²) < 4.78 is 1.87. The van der Waals surface area contributed by atoms with E-state index in [1.54, 1.807) is 6.07 Å². The molecule has 6 bridgehead atoms. The maximum atomic E-state index is 15.5. The highest BCUT2D eigenvalue weighted by Gasteiger charge is 2.22. The van der Waals surface area contributed by atoms with Crippen molar-refractivity contribution in [1.82, 2.24) is 19.5 Å². The number of hydrogen-bond acceptors (Lipinski definition) is 5. The third-order valence-corrected chi connectivity index (χ3v) is 12.6. The number of aryl methyl sites for hydroxylation is 1. The average Bonchev–Trinajstić information content (AvgIpc) is 3.32. The molecule has 3 aromatic carbocycles. The first-order chi connectivity index (χ1) is 30.6. The monoisotopic (exact) mass is 830 g/mol. The summed E-state index contributed by atoms with van der Waals surface area (Å²) in [4.78, 5) is 48.0. The zero-order valence-corrected chi connectivity index (χ0v) is 37.4. The van der Waals surface area contributed by atoms with Gasteiger partial charge in [0.05, 0.1) is 38.7 Å². The molecule has 0 N–H and O–H groups in total. The van der Waals surface area contributed by atoms with Gasteiger partial charge in [-0.3, -0.25) is 9.59 Å². The number of fused-ring (bicyclic) bond motifs is 7. The minimum atomic E-state index is -0.288. The van der Waals surface area contributed by atoms with Gasteiger partial charge in [-0.15, -0.1) is 0 Å². The van der Waals surface area contributed by atoms with Crippen LogP contribution in [0.15, 0.2) is 108 Å². The number of carbonyl (C=O) groups is 1. The lowest BCUT2D eigenvalue weighted by Gasteiger charge is -2.23. The molecule has 324 valence electrons. The fourth-order valence-corrected chi connectivity index (χ4v) is 9.00. The van der Waals surface area contributed by atoms with E-state index in [0.29, 0.717) is 29.7 Å².